The highest BCUT2D eigenvalue weighted by Gasteiger charge is 2.30. The largest absolute Gasteiger partial charge is 0.452 e. The van der Waals surface area contributed by atoms with Gasteiger partial charge in [-0.15, -0.1) is 0 Å². The van der Waals surface area contributed by atoms with E-state index in [-0.39, 0.29) is 23.7 Å². The van der Waals surface area contributed by atoms with Crippen molar-refractivity contribution in [3.05, 3.63) is 34.9 Å². The second-order valence-electron chi connectivity index (χ2n) is 6.44. The van der Waals surface area contributed by atoms with Crippen molar-refractivity contribution >= 4 is 29.4 Å². The molecule has 0 unspecified atom stereocenters. The molecule has 6 nitrogen and oxygen atoms in total. The van der Waals surface area contributed by atoms with Gasteiger partial charge in [0.05, 0.1) is 5.92 Å². The van der Waals surface area contributed by atoms with Crippen LogP contribution >= 0.6 is 11.6 Å². The summed E-state index contributed by atoms with van der Waals surface area (Å²) in [7, 11) is 0. The molecular formula is C19H25ClN2O4. The van der Waals surface area contributed by atoms with Crippen molar-refractivity contribution in [3.63, 3.8) is 0 Å². The Morgan fingerprint density at radius 2 is 1.85 bits per heavy atom. The van der Waals surface area contributed by atoms with E-state index in [1.807, 2.05) is 6.92 Å². The van der Waals surface area contributed by atoms with Crippen LogP contribution < -0.4 is 5.32 Å². The first-order chi connectivity index (χ1) is 12.4. The maximum Gasteiger partial charge on any atom is 0.309 e. The van der Waals surface area contributed by atoms with Crippen LogP contribution in [0.25, 0.3) is 0 Å². The van der Waals surface area contributed by atoms with Gasteiger partial charge in [-0.25, -0.2) is 0 Å². The maximum atomic E-state index is 12.5. The number of ether oxygens (including phenoxy) is 1. The first kappa shape index (κ1) is 20.2. The van der Waals surface area contributed by atoms with Crippen molar-refractivity contribution in [3.8, 4) is 0 Å². The molecule has 1 aliphatic rings. The highest BCUT2D eigenvalue weighted by atomic mass is 35.5. The fourth-order valence-corrected chi connectivity index (χ4v) is 2.94. The Bertz CT molecular complexity index is 639. The molecule has 26 heavy (non-hydrogen) atoms. The van der Waals surface area contributed by atoms with Gasteiger partial charge in [0.15, 0.2) is 6.10 Å². The van der Waals surface area contributed by atoms with E-state index in [9.17, 15) is 14.4 Å². The summed E-state index contributed by atoms with van der Waals surface area (Å²) in [5, 5.41) is 3.29. The number of nitrogens with zero attached hydrogens (tertiary/aromatic N) is 1. The first-order valence-corrected chi connectivity index (χ1v) is 9.33. The van der Waals surface area contributed by atoms with Gasteiger partial charge in [0.2, 0.25) is 0 Å². The zero-order chi connectivity index (χ0) is 19.1. The highest BCUT2D eigenvalue weighted by molar-refractivity contribution is 6.30. The molecule has 0 bridgehead atoms. The summed E-state index contributed by atoms with van der Waals surface area (Å²) in [6, 6.07) is 6.76. The lowest BCUT2D eigenvalue weighted by molar-refractivity contribution is -0.160. The van der Waals surface area contributed by atoms with E-state index in [0.29, 0.717) is 43.1 Å². The van der Waals surface area contributed by atoms with Crippen molar-refractivity contribution in [1.29, 1.82) is 0 Å². The topological polar surface area (TPSA) is 75.7 Å². The van der Waals surface area contributed by atoms with E-state index in [0.717, 1.165) is 6.42 Å². The van der Waals surface area contributed by atoms with Crippen molar-refractivity contribution in [2.45, 2.75) is 39.2 Å². The number of piperidine rings is 1. The number of hydrogen-bond acceptors (Lipinski definition) is 4. The smallest absolute Gasteiger partial charge is 0.309 e. The lowest BCUT2D eigenvalue weighted by Crippen LogP contribution is -2.42. The van der Waals surface area contributed by atoms with Crippen molar-refractivity contribution in [2.24, 2.45) is 5.92 Å². The zero-order valence-electron chi connectivity index (χ0n) is 15.2. The van der Waals surface area contributed by atoms with Gasteiger partial charge in [-0.3, -0.25) is 14.4 Å². The summed E-state index contributed by atoms with van der Waals surface area (Å²) in [6.07, 6.45) is 1.08. The van der Waals surface area contributed by atoms with Crippen LogP contribution in [0, 0.1) is 5.92 Å². The molecule has 142 valence electrons. The molecule has 0 aromatic heterocycles. The summed E-state index contributed by atoms with van der Waals surface area (Å²) >= 11 is 5.84. The minimum absolute atomic E-state index is 0.0687. The van der Waals surface area contributed by atoms with E-state index in [1.165, 1.54) is 0 Å². The van der Waals surface area contributed by atoms with Crippen molar-refractivity contribution in [1.82, 2.24) is 10.2 Å². The molecule has 2 amide bonds. The van der Waals surface area contributed by atoms with Crippen LogP contribution in [-0.4, -0.2) is 48.4 Å². The van der Waals surface area contributed by atoms with E-state index >= 15 is 0 Å². The van der Waals surface area contributed by atoms with E-state index in [4.69, 9.17) is 16.3 Å². The molecule has 1 N–H and O–H groups in total. The fourth-order valence-electron chi connectivity index (χ4n) is 2.81. The van der Waals surface area contributed by atoms with Gasteiger partial charge in [-0.2, -0.15) is 0 Å². The van der Waals surface area contributed by atoms with Crippen LogP contribution in [0.1, 0.15) is 43.5 Å². The second-order valence-corrected chi connectivity index (χ2v) is 6.88. The third-order valence-electron chi connectivity index (χ3n) is 4.42. The lowest BCUT2D eigenvalue weighted by Gasteiger charge is -2.31. The third kappa shape index (κ3) is 5.46. The lowest BCUT2D eigenvalue weighted by atomic mass is 9.96. The van der Waals surface area contributed by atoms with Crippen LogP contribution in [0.15, 0.2) is 24.3 Å². The highest BCUT2D eigenvalue weighted by Crippen LogP contribution is 2.21. The van der Waals surface area contributed by atoms with Crippen LogP contribution in [0.3, 0.4) is 0 Å². The molecule has 7 heteroatoms. The molecule has 1 aliphatic heterocycles. The predicted molar refractivity (Wildman–Crippen MR) is 98.9 cm³/mol. The summed E-state index contributed by atoms with van der Waals surface area (Å²) < 4.78 is 5.27. The number of carbonyl (C=O) groups is 3. The minimum atomic E-state index is -0.803. The molecule has 1 fully saturated rings. The summed E-state index contributed by atoms with van der Waals surface area (Å²) in [6.45, 7) is 5.05. The number of benzene rings is 1. The molecule has 1 heterocycles. The van der Waals surface area contributed by atoms with E-state index in [2.05, 4.69) is 5.32 Å². The van der Waals surface area contributed by atoms with Gasteiger partial charge < -0.3 is 15.0 Å². The molecule has 1 atom stereocenters. The molecule has 1 aromatic rings. The Morgan fingerprint density at radius 3 is 2.42 bits per heavy atom. The molecule has 1 aromatic carbocycles. The van der Waals surface area contributed by atoms with Crippen molar-refractivity contribution in [2.75, 3.05) is 19.6 Å². The van der Waals surface area contributed by atoms with Crippen LogP contribution in [0.5, 0.6) is 0 Å². The number of nitrogens with one attached hydrogen (secondary N) is 1. The molecular weight excluding hydrogens is 356 g/mol. The molecule has 0 radical (unpaired) electrons. The molecule has 0 saturated carbocycles. The summed E-state index contributed by atoms with van der Waals surface area (Å²) in [5.74, 6) is -1.01. The Labute approximate surface area is 158 Å². The summed E-state index contributed by atoms with van der Waals surface area (Å²) in [4.78, 5) is 38.2. The molecule has 1 saturated heterocycles. The SMILES string of the molecule is CCCNC(=O)[C@@H](C)OC(=O)C1CCN(C(=O)c2ccc(Cl)cc2)CC1. The molecule has 0 aliphatic carbocycles. The summed E-state index contributed by atoms with van der Waals surface area (Å²) in [5.41, 5.74) is 0.580. The van der Waals surface area contributed by atoms with Gasteiger partial charge in [0, 0.05) is 30.2 Å². The minimum Gasteiger partial charge on any atom is -0.452 e. The van der Waals surface area contributed by atoms with E-state index < -0.39 is 6.10 Å². The number of rotatable bonds is 6. The average molecular weight is 381 g/mol. The number of likely N-dealkylation sites (tertiary alicyclic amines) is 1. The molecule has 2 rings (SSSR count). The first-order valence-electron chi connectivity index (χ1n) is 8.95. The Balaban J connectivity index is 1.81. The predicted octanol–water partition coefficient (Wildman–Crippen LogP) is 2.65. The zero-order valence-corrected chi connectivity index (χ0v) is 15.9. The number of hydrogen-bond donors (Lipinski definition) is 1. The number of amides is 2. The molecule has 0 spiro atoms. The average Bonchev–Trinajstić information content (AvgIpc) is 2.66. The normalized spacial score (nSPS) is 16.0. The van der Waals surface area contributed by atoms with Crippen LogP contribution in [0.2, 0.25) is 5.02 Å². The van der Waals surface area contributed by atoms with Crippen LogP contribution in [-0.2, 0) is 14.3 Å². The third-order valence-corrected chi connectivity index (χ3v) is 4.67. The van der Waals surface area contributed by atoms with Crippen molar-refractivity contribution < 1.29 is 19.1 Å². The van der Waals surface area contributed by atoms with Gasteiger partial charge >= 0.3 is 5.97 Å². The number of carbonyl (C=O) groups excluding carboxylic acids is 3. The van der Waals surface area contributed by atoms with Gasteiger partial charge in [-0.05, 0) is 50.5 Å². The van der Waals surface area contributed by atoms with Gasteiger partial charge in [-0.1, -0.05) is 18.5 Å². The standard InChI is InChI=1S/C19H25ClN2O4/c1-3-10-21-17(23)13(2)26-19(25)15-8-11-22(12-9-15)18(24)14-4-6-16(20)7-5-14/h4-7,13,15H,3,8-12H2,1-2H3,(H,21,23)/t13-/m1/s1. The fraction of sp³-hybridized carbons (Fsp3) is 0.526. The van der Waals surface area contributed by atoms with Gasteiger partial charge in [0.25, 0.3) is 11.8 Å². The monoisotopic (exact) mass is 380 g/mol. The second kappa shape index (κ2) is 9.57. The maximum absolute atomic E-state index is 12.5. The Hall–Kier alpha value is -2.08. The number of esters is 1. The Morgan fingerprint density at radius 1 is 1.23 bits per heavy atom. The van der Waals surface area contributed by atoms with E-state index in [1.54, 1.807) is 36.1 Å². The van der Waals surface area contributed by atoms with Gasteiger partial charge in [0.1, 0.15) is 0 Å². The van der Waals surface area contributed by atoms with Crippen LogP contribution in [0.4, 0.5) is 0 Å². The quantitative estimate of drug-likeness (QED) is 0.770. The number of halogens is 1. The Kier molecular flexibility index (Phi) is 7.45.